The van der Waals surface area contributed by atoms with E-state index in [9.17, 15) is 9.90 Å². The molecule has 4 aliphatic rings. The maximum absolute atomic E-state index is 13.3. The van der Waals surface area contributed by atoms with Crippen molar-refractivity contribution in [2.24, 2.45) is 0 Å². The quantitative estimate of drug-likeness (QED) is 0.824. The lowest BCUT2D eigenvalue weighted by atomic mass is 9.80. The minimum absolute atomic E-state index is 0.0719. The summed E-state index contributed by atoms with van der Waals surface area (Å²) >= 11 is 0. The summed E-state index contributed by atoms with van der Waals surface area (Å²) in [7, 11) is 0. The third kappa shape index (κ3) is 3.24. The van der Waals surface area contributed by atoms with Crippen molar-refractivity contribution >= 4 is 5.91 Å². The highest BCUT2D eigenvalue weighted by atomic mass is 16.7. The van der Waals surface area contributed by atoms with Crippen molar-refractivity contribution in [3.8, 4) is 17.2 Å². The van der Waals surface area contributed by atoms with Crippen LogP contribution in [0.3, 0.4) is 0 Å². The monoisotopic (exact) mass is 421 g/mol. The van der Waals surface area contributed by atoms with Gasteiger partial charge in [-0.15, -0.1) is 0 Å². The molecule has 2 fully saturated rings. The van der Waals surface area contributed by atoms with E-state index in [0.29, 0.717) is 25.0 Å². The summed E-state index contributed by atoms with van der Waals surface area (Å²) in [4.78, 5) is 15.3. The van der Waals surface area contributed by atoms with E-state index in [2.05, 4.69) is 11.0 Å². The molecule has 2 aromatic carbocycles. The van der Waals surface area contributed by atoms with Crippen LogP contribution in [-0.4, -0.2) is 41.4 Å². The molecule has 6 heteroatoms. The lowest BCUT2D eigenvalue weighted by Gasteiger charge is -2.44. The fourth-order valence-corrected chi connectivity index (χ4v) is 5.84. The molecule has 31 heavy (non-hydrogen) atoms. The van der Waals surface area contributed by atoms with Gasteiger partial charge in [-0.1, -0.05) is 18.2 Å². The van der Waals surface area contributed by atoms with Gasteiger partial charge in [-0.05, 0) is 60.6 Å². The largest absolute Gasteiger partial charge is 0.493 e. The van der Waals surface area contributed by atoms with E-state index in [4.69, 9.17) is 14.2 Å². The Balaban J connectivity index is 1.19. The summed E-state index contributed by atoms with van der Waals surface area (Å²) < 4.78 is 16.6. The third-order valence-corrected chi connectivity index (χ3v) is 7.29. The van der Waals surface area contributed by atoms with Gasteiger partial charge in [0.2, 0.25) is 12.7 Å². The van der Waals surface area contributed by atoms with Crippen molar-refractivity contribution in [2.75, 3.05) is 13.4 Å². The van der Waals surface area contributed by atoms with Crippen molar-refractivity contribution in [3.05, 3.63) is 53.1 Å². The summed E-state index contributed by atoms with van der Waals surface area (Å²) in [6, 6.07) is 12.0. The van der Waals surface area contributed by atoms with Gasteiger partial charge < -0.3 is 24.2 Å². The Kier molecular flexibility index (Phi) is 4.39. The van der Waals surface area contributed by atoms with Crippen LogP contribution in [-0.2, 0) is 23.2 Å². The van der Waals surface area contributed by atoms with Gasteiger partial charge in [-0.25, -0.2) is 0 Å². The highest BCUT2D eigenvalue weighted by Crippen LogP contribution is 2.47. The molecule has 2 saturated heterocycles. The molecule has 0 unspecified atom stereocenters. The number of aryl methyl sites for hydroxylation is 1. The minimum atomic E-state index is -0.938. The molecular formula is C25H27NO5. The number of aliphatic hydroxyl groups is 1. The van der Waals surface area contributed by atoms with Gasteiger partial charge in [0.15, 0.2) is 11.5 Å². The van der Waals surface area contributed by atoms with Crippen LogP contribution >= 0.6 is 0 Å². The molecule has 0 saturated carbocycles. The molecule has 4 aliphatic heterocycles. The molecule has 162 valence electrons. The SMILES string of the molecule is O=C(Cc1ccc2c(c1)CCCO2)N1[C@@H]2CC[C@@H]1CC(O)(c1ccc3c(c1)OCO3)C2. The van der Waals surface area contributed by atoms with E-state index >= 15 is 0 Å². The van der Waals surface area contributed by atoms with Crippen LogP contribution < -0.4 is 14.2 Å². The van der Waals surface area contributed by atoms with Crippen molar-refractivity contribution in [2.45, 2.75) is 62.6 Å². The van der Waals surface area contributed by atoms with Crippen LogP contribution in [0.5, 0.6) is 17.2 Å². The first-order valence-electron chi connectivity index (χ1n) is 11.3. The van der Waals surface area contributed by atoms with Crippen LogP contribution in [0.2, 0.25) is 0 Å². The van der Waals surface area contributed by atoms with Crippen molar-refractivity contribution in [1.82, 2.24) is 4.90 Å². The summed E-state index contributed by atoms with van der Waals surface area (Å²) in [5, 5.41) is 11.5. The number of benzene rings is 2. The van der Waals surface area contributed by atoms with Gasteiger partial charge in [0.05, 0.1) is 18.6 Å². The number of ether oxygens (including phenoxy) is 3. The summed E-state index contributed by atoms with van der Waals surface area (Å²) in [5.74, 6) is 2.53. The molecule has 0 radical (unpaired) electrons. The second-order valence-electron chi connectivity index (χ2n) is 9.26. The smallest absolute Gasteiger partial charge is 0.231 e. The fourth-order valence-electron chi connectivity index (χ4n) is 5.84. The molecule has 0 spiro atoms. The Bertz CT molecular complexity index is 1020. The zero-order chi connectivity index (χ0) is 21.0. The number of nitrogens with zero attached hydrogens (tertiary/aromatic N) is 1. The Labute approximate surface area is 181 Å². The molecule has 0 aliphatic carbocycles. The zero-order valence-corrected chi connectivity index (χ0v) is 17.5. The number of hydrogen-bond donors (Lipinski definition) is 1. The van der Waals surface area contributed by atoms with Crippen LogP contribution in [0.25, 0.3) is 0 Å². The fraction of sp³-hybridized carbons (Fsp3) is 0.480. The van der Waals surface area contributed by atoms with Crippen LogP contribution in [0, 0.1) is 0 Å². The highest BCUT2D eigenvalue weighted by molar-refractivity contribution is 5.80. The zero-order valence-electron chi connectivity index (χ0n) is 17.5. The van der Waals surface area contributed by atoms with Crippen LogP contribution in [0.15, 0.2) is 36.4 Å². The lowest BCUT2D eigenvalue weighted by molar-refractivity contribution is -0.141. The van der Waals surface area contributed by atoms with Crippen molar-refractivity contribution in [3.63, 3.8) is 0 Å². The van der Waals surface area contributed by atoms with Gasteiger partial charge in [-0.3, -0.25) is 4.79 Å². The van der Waals surface area contributed by atoms with Gasteiger partial charge in [0, 0.05) is 24.9 Å². The van der Waals surface area contributed by atoms with Gasteiger partial charge in [-0.2, -0.15) is 0 Å². The van der Waals surface area contributed by atoms with Crippen molar-refractivity contribution in [1.29, 1.82) is 0 Å². The summed E-state index contributed by atoms with van der Waals surface area (Å²) in [5.41, 5.74) is 2.17. The molecule has 6 nitrogen and oxygen atoms in total. The average molecular weight is 421 g/mol. The maximum Gasteiger partial charge on any atom is 0.231 e. The van der Waals surface area contributed by atoms with E-state index in [1.54, 1.807) is 0 Å². The van der Waals surface area contributed by atoms with E-state index in [1.807, 2.05) is 30.3 Å². The highest BCUT2D eigenvalue weighted by Gasteiger charge is 2.50. The number of fused-ring (bicyclic) bond motifs is 4. The van der Waals surface area contributed by atoms with E-state index in [0.717, 1.165) is 54.9 Å². The van der Waals surface area contributed by atoms with Gasteiger partial charge in [0.1, 0.15) is 5.75 Å². The molecule has 2 aromatic rings. The Morgan fingerprint density at radius 2 is 1.77 bits per heavy atom. The molecule has 2 bridgehead atoms. The predicted octanol–water partition coefficient (Wildman–Crippen LogP) is 3.32. The average Bonchev–Trinajstić information content (AvgIpc) is 3.36. The molecule has 2 atom stereocenters. The minimum Gasteiger partial charge on any atom is -0.493 e. The second kappa shape index (κ2) is 7.16. The summed E-state index contributed by atoms with van der Waals surface area (Å²) in [6.07, 6.45) is 5.46. The first kappa shape index (κ1) is 19.0. The first-order chi connectivity index (χ1) is 15.1. The Hall–Kier alpha value is -2.73. The number of carbonyl (C=O) groups excluding carboxylic acids is 1. The first-order valence-corrected chi connectivity index (χ1v) is 11.3. The van der Waals surface area contributed by atoms with Gasteiger partial charge in [0.25, 0.3) is 0 Å². The molecular weight excluding hydrogens is 394 g/mol. The number of hydrogen-bond acceptors (Lipinski definition) is 5. The van der Waals surface area contributed by atoms with Gasteiger partial charge >= 0.3 is 0 Å². The van der Waals surface area contributed by atoms with E-state index < -0.39 is 5.60 Å². The molecule has 6 rings (SSSR count). The molecule has 4 heterocycles. The van der Waals surface area contributed by atoms with E-state index in [1.165, 1.54) is 5.56 Å². The van der Waals surface area contributed by atoms with Crippen molar-refractivity contribution < 1.29 is 24.1 Å². The number of amides is 1. The predicted molar refractivity (Wildman–Crippen MR) is 113 cm³/mol. The lowest BCUT2D eigenvalue weighted by Crippen LogP contribution is -2.52. The van der Waals surface area contributed by atoms with Crippen LogP contribution in [0.1, 0.15) is 48.8 Å². The number of piperidine rings is 1. The Morgan fingerprint density at radius 1 is 1.00 bits per heavy atom. The second-order valence-corrected chi connectivity index (χ2v) is 9.26. The van der Waals surface area contributed by atoms with E-state index in [-0.39, 0.29) is 24.8 Å². The third-order valence-electron chi connectivity index (χ3n) is 7.29. The molecule has 1 N–H and O–H groups in total. The number of carbonyl (C=O) groups is 1. The molecule has 1 amide bonds. The molecule has 0 aromatic heterocycles. The normalized spacial score (nSPS) is 28.2. The standard InChI is InChI=1S/C25H27NO5/c27-24(11-16-3-7-21-17(10-16)2-1-9-29-21)26-19-5-6-20(26)14-25(28,13-19)18-4-8-22-23(12-18)31-15-30-22/h3-4,7-8,10,12,19-20,28H,1-2,5-6,9,11,13-15H2/t19-,20-/m1/s1. The van der Waals surface area contributed by atoms with Crippen LogP contribution in [0.4, 0.5) is 0 Å². The summed E-state index contributed by atoms with van der Waals surface area (Å²) in [6.45, 7) is 0.994. The maximum atomic E-state index is 13.3. The Morgan fingerprint density at radius 3 is 2.61 bits per heavy atom. The number of rotatable bonds is 3. The topological polar surface area (TPSA) is 68.2 Å².